The van der Waals surface area contributed by atoms with Crippen molar-refractivity contribution in [3.63, 3.8) is 0 Å². The van der Waals surface area contributed by atoms with Gasteiger partial charge in [0, 0.05) is 24.8 Å². The summed E-state index contributed by atoms with van der Waals surface area (Å²) >= 11 is 0. The van der Waals surface area contributed by atoms with Gasteiger partial charge in [0.1, 0.15) is 5.60 Å². The zero-order valence-electron chi connectivity index (χ0n) is 14.1. The monoisotopic (exact) mass is 311 g/mol. The predicted octanol–water partition coefficient (Wildman–Crippen LogP) is 2.50. The Morgan fingerprint density at radius 2 is 2.05 bits per heavy atom. The van der Waals surface area contributed by atoms with E-state index in [1.54, 1.807) is 39.4 Å². The third-order valence-electron chi connectivity index (χ3n) is 3.21. The molecule has 7 heteroatoms. The van der Waals surface area contributed by atoms with E-state index in [0.717, 1.165) is 0 Å². The molecule has 0 saturated carbocycles. The molecule has 0 aliphatic rings. The van der Waals surface area contributed by atoms with Crippen LogP contribution in [0, 0.1) is 6.92 Å². The Morgan fingerprint density at radius 3 is 2.41 bits per heavy atom. The van der Waals surface area contributed by atoms with Crippen LogP contribution >= 0.6 is 0 Å². The molecule has 0 saturated heterocycles. The first-order chi connectivity index (χ1) is 10.1. The highest BCUT2D eigenvalue weighted by Gasteiger charge is 2.35. The number of aliphatic carboxylic acids is 1. The Balaban J connectivity index is 3.20. The standard InChI is InChI=1S/C15H25N3O4/c1-7-8-18(14(21)22-15(3,4)5)12(13(19)20)11-9-16-17(6)10(11)2/h9,12H,7-8H2,1-6H3,(H,19,20). The molecular weight excluding hydrogens is 286 g/mol. The van der Waals surface area contributed by atoms with E-state index in [9.17, 15) is 14.7 Å². The fraction of sp³-hybridized carbons (Fsp3) is 0.667. The highest BCUT2D eigenvalue weighted by molar-refractivity contribution is 5.81. The van der Waals surface area contributed by atoms with Crippen LogP contribution in [-0.2, 0) is 16.6 Å². The maximum atomic E-state index is 12.4. The van der Waals surface area contributed by atoms with E-state index in [2.05, 4.69) is 5.10 Å². The van der Waals surface area contributed by atoms with Crippen molar-refractivity contribution < 1.29 is 19.4 Å². The van der Waals surface area contributed by atoms with Crippen molar-refractivity contribution in [3.05, 3.63) is 17.5 Å². The van der Waals surface area contributed by atoms with E-state index in [0.29, 0.717) is 24.2 Å². The normalized spacial score (nSPS) is 12.8. The summed E-state index contributed by atoms with van der Waals surface area (Å²) in [4.78, 5) is 25.4. The predicted molar refractivity (Wildman–Crippen MR) is 81.6 cm³/mol. The summed E-state index contributed by atoms with van der Waals surface area (Å²) in [6.07, 6.45) is 1.48. The Bertz CT molecular complexity index is 545. The van der Waals surface area contributed by atoms with Crippen molar-refractivity contribution in [2.24, 2.45) is 7.05 Å². The lowest BCUT2D eigenvalue weighted by Crippen LogP contribution is -2.42. The van der Waals surface area contributed by atoms with Crippen LogP contribution < -0.4 is 0 Å². The topological polar surface area (TPSA) is 84.7 Å². The number of hydrogen-bond acceptors (Lipinski definition) is 4. The minimum Gasteiger partial charge on any atom is -0.479 e. The van der Waals surface area contributed by atoms with Crippen molar-refractivity contribution in [2.75, 3.05) is 6.54 Å². The van der Waals surface area contributed by atoms with E-state index >= 15 is 0 Å². The number of carboxylic acids is 1. The molecule has 0 fully saturated rings. The number of aryl methyl sites for hydroxylation is 1. The lowest BCUT2D eigenvalue weighted by atomic mass is 10.1. The van der Waals surface area contributed by atoms with Gasteiger partial charge in [-0.3, -0.25) is 9.58 Å². The number of carbonyl (C=O) groups is 2. The van der Waals surface area contributed by atoms with Crippen LogP contribution in [-0.4, -0.2) is 44.0 Å². The molecule has 1 rings (SSSR count). The van der Waals surface area contributed by atoms with Crippen molar-refractivity contribution in [1.29, 1.82) is 0 Å². The van der Waals surface area contributed by atoms with Crippen LogP contribution in [0.2, 0.25) is 0 Å². The quantitative estimate of drug-likeness (QED) is 0.903. The third kappa shape index (κ3) is 4.22. The number of aromatic nitrogens is 2. The first-order valence-corrected chi connectivity index (χ1v) is 7.29. The van der Waals surface area contributed by atoms with Crippen molar-refractivity contribution >= 4 is 12.1 Å². The van der Waals surface area contributed by atoms with Gasteiger partial charge in [-0.2, -0.15) is 5.10 Å². The first-order valence-electron chi connectivity index (χ1n) is 7.29. The molecular formula is C15H25N3O4. The van der Waals surface area contributed by atoms with Gasteiger partial charge in [0.2, 0.25) is 0 Å². The van der Waals surface area contributed by atoms with E-state index in [1.165, 1.54) is 11.1 Å². The zero-order chi connectivity index (χ0) is 17.1. The lowest BCUT2D eigenvalue weighted by molar-refractivity contribution is -0.143. The fourth-order valence-electron chi connectivity index (χ4n) is 2.11. The molecule has 1 heterocycles. The molecule has 1 aromatic heterocycles. The van der Waals surface area contributed by atoms with Crippen LogP contribution in [0.4, 0.5) is 4.79 Å². The summed E-state index contributed by atoms with van der Waals surface area (Å²) in [5.41, 5.74) is 0.516. The van der Waals surface area contributed by atoms with E-state index in [1.807, 2.05) is 6.92 Å². The van der Waals surface area contributed by atoms with Gasteiger partial charge < -0.3 is 9.84 Å². The molecule has 0 aliphatic heterocycles. The molecule has 1 unspecified atom stereocenters. The second-order valence-corrected chi connectivity index (χ2v) is 6.22. The Labute approximate surface area is 130 Å². The van der Waals surface area contributed by atoms with Gasteiger partial charge in [-0.1, -0.05) is 6.92 Å². The molecule has 0 bridgehead atoms. The maximum Gasteiger partial charge on any atom is 0.411 e. The summed E-state index contributed by atoms with van der Waals surface area (Å²) in [6.45, 7) is 9.20. The molecule has 1 N–H and O–H groups in total. The first kappa shape index (κ1) is 18.0. The number of amides is 1. The number of hydrogen-bond donors (Lipinski definition) is 1. The molecule has 22 heavy (non-hydrogen) atoms. The Hall–Kier alpha value is -2.05. The highest BCUT2D eigenvalue weighted by Crippen LogP contribution is 2.26. The van der Waals surface area contributed by atoms with Gasteiger partial charge in [0.15, 0.2) is 6.04 Å². The average molecular weight is 311 g/mol. The van der Waals surface area contributed by atoms with Crippen LogP contribution in [0.1, 0.15) is 51.4 Å². The lowest BCUT2D eigenvalue weighted by Gasteiger charge is -2.31. The number of rotatable bonds is 5. The van der Waals surface area contributed by atoms with Crippen molar-refractivity contribution in [2.45, 2.75) is 52.7 Å². The minimum absolute atomic E-state index is 0.292. The van der Waals surface area contributed by atoms with Crippen LogP contribution in [0.15, 0.2) is 6.20 Å². The van der Waals surface area contributed by atoms with Crippen LogP contribution in [0.25, 0.3) is 0 Å². The molecule has 0 aromatic carbocycles. The molecule has 124 valence electrons. The highest BCUT2D eigenvalue weighted by atomic mass is 16.6. The van der Waals surface area contributed by atoms with Gasteiger partial charge in [-0.15, -0.1) is 0 Å². The van der Waals surface area contributed by atoms with Gasteiger partial charge in [-0.05, 0) is 34.1 Å². The number of carbonyl (C=O) groups excluding carboxylic acids is 1. The van der Waals surface area contributed by atoms with Crippen LogP contribution in [0.3, 0.4) is 0 Å². The molecule has 0 aliphatic carbocycles. The van der Waals surface area contributed by atoms with E-state index in [4.69, 9.17) is 4.74 Å². The van der Waals surface area contributed by atoms with Gasteiger partial charge in [0.05, 0.1) is 6.20 Å². The molecule has 1 atom stereocenters. The zero-order valence-corrected chi connectivity index (χ0v) is 14.1. The SMILES string of the molecule is CCCN(C(=O)OC(C)(C)C)C(C(=O)O)c1cnn(C)c1C. The average Bonchev–Trinajstić information content (AvgIpc) is 2.68. The third-order valence-corrected chi connectivity index (χ3v) is 3.21. The molecule has 0 radical (unpaired) electrons. The summed E-state index contributed by atoms with van der Waals surface area (Å²) < 4.78 is 6.94. The fourth-order valence-corrected chi connectivity index (χ4v) is 2.11. The smallest absolute Gasteiger partial charge is 0.411 e. The Morgan fingerprint density at radius 1 is 1.45 bits per heavy atom. The number of carboxylic acid groups (broad SMARTS) is 1. The largest absolute Gasteiger partial charge is 0.479 e. The number of nitrogens with zero attached hydrogens (tertiary/aromatic N) is 3. The summed E-state index contributed by atoms with van der Waals surface area (Å²) in [6, 6.07) is -1.11. The van der Waals surface area contributed by atoms with Gasteiger partial charge >= 0.3 is 12.1 Å². The second-order valence-electron chi connectivity index (χ2n) is 6.22. The molecule has 1 aromatic rings. The number of ether oxygens (including phenoxy) is 1. The molecule has 1 amide bonds. The summed E-state index contributed by atoms with van der Waals surface area (Å²) in [5.74, 6) is -1.10. The van der Waals surface area contributed by atoms with Crippen LogP contribution in [0.5, 0.6) is 0 Å². The van der Waals surface area contributed by atoms with Crippen molar-refractivity contribution in [3.8, 4) is 0 Å². The summed E-state index contributed by atoms with van der Waals surface area (Å²) in [7, 11) is 1.73. The van der Waals surface area contributed by atoms with E-state index < -0.39 is 23.7 Å². The maximum absolute atomic E-state index is 12.4. The van der Waals surface area contributed by atoms with Crippen molar-refractivity contribution in [1.82, 2.24) is 14.7 Å². The second kappa shape index (κ2) is 6.81. The minimum atomic E-state index is -1.11. The van der Waals surface area contributed by atoms with Gasteiger partial charge in [-0.25, -0.2) is 9.59 Å². The van der Waals surface area contributed by atoms with Gasteiger partial charge in [0.25, 0.3) is 0 Å². The summed E-state index contributed by atoms with van der Waals surface area (Å²) in [5, 5.41) is 13.7. The van der Waals surface area contributed by atoms with E-state index in [-0.39, 0.29) is 0 Å². The molecule has 7 nitrogen and oxygen atoms in total. The molecule has 0 spiro atoms. The Kier molecular flexibility index (Phi) is 5.57.